The number of hydrogen-bond donors (Lipinski definition) is 2. The first-order valence-corrected chi connectivity index (χ1v) is 7.58. The van der Waals surface area contributed by atoms with Crippen LogP contribution in [0.15, 0.2) is 37.2 Å². The van der Waals surface area contributed by atoms with Gasteiger partial charge in [-0.3, -0.25) is 0 Å². The molecule has 0 unspecified atom stereocenters. The highest BCUT2D eigenvalue weighted by Crippen LogP contribution is 2.33. The molecule has 9 heteroatoms. The number of rotatable bonds is 4. The average Bonchev–Trinajstić information content (AvgIpc) is 2.86. The van der Waals surface area contributed by atoms with Gasteiger partial charge < -0.3 is 10.9 Å². The lowest BCUT2D eigenvalue weighted by Crippen LogP contribution is -2.14. The zero-order valence-corrected chi connectivity index (χ0v) is 11.7. The van der Waals surface area contributed by atoms with E-state index >= 15 is 0 Å². The Bertz CT molecular complexity index is 571. The Kier molecular flexibility index (Phi) is 4.39. The summed E-state index contributed by atoms with van der Waals surface area (Å²) in [6.45, 7) is 0. The van der Waals surface area contributed by atoms with Gasteiger partial charge in [-0.1, -0.05) is 28.3 Å². The zero-order valence-electron chi connectivity index (χ0n) is 9.27. The number of aromatic nitrogens is 3. The minimum absolute atomic E-state index is 0.0280. The molecule has 0 aliphatic heterocycles. The van der Waals surface area contributed by atoms with Crippen molar-refractivity contribution in [1.82, 2.24) is 15.2 Å². The van der Waals surface area contributed by atoms with E-state index in [0.29, 0.717) is 10.6 Å². The topological polar surface area (TPSA) is 97.3 Å². The molecule has 0 fully saturated rings. The van der Waals surface area contributed by atoms with Crippen LogP contribution in [0.1, 0.15) is 5.56 Å². The van der Waals surface area contributed by atoms with E-state index in [1.165, 1.54) is 34.9 Å². The second-order valence-electron chi connectivity index (χ2n) is 2.98. The Balaban J connectivity index is 2.28. The lowest BCUT2D eigenvalue weighted by Gasteiger charge is -2.03. The van der Waals surface area contributed by atoms with Crippen LogP contribution >= 0.6 is 34.9 Å². The average molecular weight is 299 g/mol. The first-order chi connectivity index (χ1) is 8.74. The SMILES string of the molecule is CSc1nnc(Sc2ncccc2/C(N)=N/O)s1. The molecule has 0 aliphatic carbocycles. The van der Waals surface area contributed by atoms with Gasteiger partial charge in [0.25, 0.3) is 0 Å². The van der Waals surface area contributed by atoms with Crippen molar-refractivity contribution >= 4 is 40.7 Å². The van der Waals surface area contributed by atoms with Crippen molar-refractivity contribution in [2.24, 2.45) is 10.9 Å². The molecule has 2 aromatic heterocycles. The molecular formula is C9H9N5OS3. The summed E-state index contributed by atoms with van der Waals surface area (Å²) in [6, 6.07) is 3.46. The Morgan fingerprint density at radius 2 is 2.22 bits per heavy atom. The van der Waals surface area contributed by atoms with E-state index in [1.807, 2.05) is 6.26 Å². The maximum absolute atomic E-state index is 8.72. The maximum atomic E-state index is 8.72. The summed E-state index contributed by atoms with van der Waals surface area (Å²) in [7, 11) is 0. The Morgan fingerprint density at radius 3 is 2.89 bits per heavy atom. The number of nitrogens with zero attached hydrogens (tertiary/aromatic N) is 4. The highest BCUT2D eigenvalue weighted by Gasteiger charge is 2.12. The monoisotopic (exact) mass is 299 g/mol. The molecule has 2 aromatic rings. The van der Waals surface area contributed by atoms with E-state index in [-0.39, 0.29) is 5.84 Å². The van der Waals surface area contributed by atoms with Crippen molar-refractivity contribution in [2.75, 3.05) is 6.26 Å². The van der Waals surface area contributed by atoms with Crippen LogP contribution in [0.3, 0.4) is 0 Å². The maximum Gasteiger partial charge on any atom is 0.181 e. The number of nitrogens with two attached hydrogens (primary N) is 1. The molecule has 0 amide bonds. The van der Waals surface area contributed by atoms with E-state index in [2.05, 4.69) is 20.3 Å². The molecule has 0 aliphatic rings. The second-order valence-corrected chi connectivity index (χ2v) is 6.25. The van der Waals surface area contributed by atoms with Gasteiger partial charge in [0.15, 0.2) is 14.5 Å². The van der Waals surface area contributed by atoms with E-state index in [9.17, 15) is 0 Å². The molecule has 0 atom stereocenters. The van der Waals surface area contributed by atoms with Gasteiger partial charge in [0.05, 0.1) is 5.56 Å². The minimum atomic E-state index is 0.0280. The van der Waals surface area contributed by atoms with Gasteiger partial charge in [0.2, 0.25) is 0 Å². The highest BCUT2D eigenvalue weighted by atomic mass is 32.2. The normalized spacial score (nSPS) is 11.7. The first-order valence-electron chi connectivity index (χ1n) is 4.73. The third-order valence-corrected chi connectivity index (χ3v) is 4.87. The summed E-state index contributed by atoms with van der Waals surface area (Å²) in [4.78, 5) is 4.20. The van der Waals surface area contributed by atoms with Crippen LogP contribution in [0, 0.1) is 0 Å². The van der Waals surface area contributed by atoms with Gasteiger partial charge in [0.1, 0.15) is 5.03 Å². The molecule has 0 radical (unpaired) electrons. The third-order valence-electron chi connectivity index (χ3n) is 1.90. The van der Waals surface area contributed by atoms with Crippen LogP contribution in [0.4, 0.5) is 0 Å². The van der Waals surface area contributed by atoms with Crippen LogP contribution in [-0.4, -0.2) is 32.5 Å². The van der Waals surface area contributed by atoms with Gasteiger partial charge in [-0.15, -0.1) is 10.2 Å². The lowest BCUT2D eigenvalue weighted by atomic mass is 10.3. The fraction of sp³-hybridized carbons (Fsp3) is 0.111. The Hall–Kier alpha value is -1.32. The molecule has 0 bridgehead atoms. The summed E-state index contributed by atoms with van der Waals surface area (Å²) in [5.41, 5.74) is 6.16. The van der Waals surface area contributed by atoms with Crippen molar-refractivity contribution in [1.29, 1.82) is 0 Å². The molecule has 0 spiro atoms. The molecule has 2 rings (SSSR count). The summed E-state index contributed by atoms with van der Waals surface area (Å²) < 4.78 is 1.66. The molecule has 0 saturated carbocycles. The quantitative estimate of drug-likeness (QED) is 0.292. The number of amidine groups is 1. The molecule has 0 saturated heterocycles. The summed E-state index contributed by atoms with van der Waals surface area (Å²) in [6.07, 6.45) is 3.59. The van der Waals surface area contributed by atoms with Crippen molar-refractivity contribution in [3.63, 3.8) is 0 Å². The molecule has 0 aromatic carbocycles. The van der Waals surface area contributed by atoms with E-state index in [0.717, 1.165) is 8.68 Å². The molecule has 3 N–H and O–H groups in total. The van der Waals surface area contributed by atoms with Crippen molar-refractivity contribution in [2.45, 2.75) is 13.7 Å². The smallest absolute Gasteiger partial charge is 0.181 e. The van der Waals surface area contributed by atoms with Gasteiger partial charge >= 0.3 is 0 Å². The Morgan fingerprint density at radius 1 is 1.44 bits per heavy atom. The van der Waals surface area contributed by atoms with E-state index < -0.39 is 0 Å². The largest absolute Gasteiger partial charge is 0.409 e. The predicted molar refractivity (Wildman–Crippen MR) is 72.6 cm³/mol. The van der Waals surface area contributed by atoms with Crippen LogP contribution in [0.5, 0.6) is 0 Å². The molecule has 18 heavy (non-hydrogen) atoms. The van der Waals surface area contributed by atoms with Crippen LogP contribution in [0.2, 0.25) is 0 Å². The van der Waals surface area contributed by atoms with Crippen LogP contribution in [0.25, 0.3) is 0 Å². The number of oxime groups is 1. The van der Waals surface area contributed by atoms with Gasteiger partial charge in [-0.25, -0.2) is 4.98 Å². The Labute approximate surface area is 116 Å². The first kappa shape index (κ1) is 13.1. The van der Waals surface area contributed by atoms with E-state index in [1.54, 1.807) is 18.3 Å². The van der Waals surface area contributed by atoms with Crippen molar-refractivity contribution in [3.05, 3.63) is 23.9 Å². The van der Waals surface area contributed by atoms with Gasteiger partial charge in [0, 0.05) is 6.20 Å². The third kappa shape index (κ3) is 2.92. The second kappa shape index (κ2) is 6.03. The standard InChI is InChI=1S/C9H9N5OS3/c1-16-8-12-13-9(18-8)17-7-5(6(10)14-15)3-2-4-11-7/h2-4,15H,1H3,(H2,10,14). The van der Waals surface area contributed by atoms with E-state index in [4.69, 9.17) is 10.9 Å². The zero-order chi connectivity index (χ0) is 13.0. The number of pyridine rings is 1. The molecular weight excluding hydrogens is 290 g/mol. The molecule has 2 heterocycles. The highest BCUT2D eigenvalue weighted by molar-refractivity contribution is 8.03. The molecule has 94 valence electrons. The van der Waals surface area contributed by atoms with Crippen molar-refractivity contribution < 1.29 is 5.21 Å². The van der Waals surface area contributed by atoms with Crippen LogP contribution < -0.4 is 5.73 Å². The van der Waals surface area contributed by atoms with Gasteiger partial charge in [-0.2, -0.15) is 0 Å². The van der Waals surface area contributed by atoms with Gasteiger partial charge in [-0.05, 0) is 30.2 Å². The molecule has 6 nitrogen and oxygen atoms in total. The summed E-state index contributed by atoms with van der Waals surface area (Å²) >= 11 is 4.36. The predicted octanol–water partition coefficient (Wildman–Crippen LogP) is 1.90. The van der Waals surface area contributed by atoms with Crippen LogP contribution in [-0.2, 0) is 0 Å². The lowest BCUT2D eigenvalue weighted by molar-refractivity contribution is 0.318. The fourth-order valence-electron chi connectivity index (χ4n) is 1.12. The number of thioether (sulfide) groups is 1. The fourth-order valence-corrected chi connectivity index (χ4v) is 3.57. The summed E-state index contributed by atoms with van der Waals surface area (Å²) in [5, 5.41) is 20.4. The van der Waals surface area contributed by atoms with Crippen molar-refractivity contribution in [3.8, 4) is 0 Å². The minimum Gasteiger partial charge on any atom is -0.409 e. The number of hydrogen-bond acceptors (Lipinski definition) is 8. The summed E-state index contributed by atoms with van der Waals surface area (Å²) in [5.74, 6) is 0.0280.